The number of para-hydroxylation sites is 1. The van der Waals surface area contributed by atoms with Crippen LogP contribution in [0.1, 0.15) is 11.1 Å². The maximum Gasteiger partial charge on any atom is 0.240 e. The van der Waals surface area contributed by atoms with Crippen molar-refractivity contribution in [1.82, 2.24) is 4.72 Å². The first-order valence-electron chi connectivity index (χ1n) is 8.97. The van der Waals surface area contributed by atoms with Gasteiger partial charge in [0.25, 0.3) is 0 Å². The second-order valence-corrected chi connectivity index (χ2v) is 8.17. The van der Waals surface area contributed by atoms with E-state index < -0.39 is 10.0 Å². The van der Waals surface area contributed by atoms with Crippen LogP contribution in [0.2, 0.25) is 0 Å². The molecule has 3 aromatic carbocycles. The maximum absolute atomic E-state index is 12.4. The summed E-state index contributed by atoms with van der Waals surface area (Å²) in [7, 11) is -3.61. The fraction of sp³-hybridized carbons (Fsp3) is 0.182. The van der Waals surface area contributed by atoms with Crippen LogP contribution in [-0.2, 0) is 10.0 Å². The summed E-state index contributed by atoms with van der Waals surface area (Å²) in [5, 5.41) is 0. The van der Waals surface area contributed by atoms with Gasteiger partial charge in [0.05, 0.1) is 4.90 Å². The smallest absolute Gasteiger partial charge is 0.240 e. The Labute approximate surface area is 166 Å². The van der Waals surface area contributed by atoms with Crippen molar-refractivity contribution >= 4 is 10.0 Å². The molecule has 0 bridgehead atoms. The molecule has 28 heavy (non-hydrogen) atoms. The lowest BCUT2D eigenvalue weighted by Gasteiger charge is -2.11. The van der Waals surface area contributed by atoms with Gasteiger partial charge in [0, 0.05) is 6.54 Å². The zero-order chi connectivity index (χ0) is 20.0. The zero-order valence-corrected chi connectivity index (χ0v) is 16.7. The highest BCUT2D eigenvalue weighted by Crippen LogP contribution is 2.22. The summed E-state index contributed by atoms with van der Waals surface area (Å²) in [5.41, 5.74) is 2.18. The van der Waals surface area contributed by atoms with Crippen LogP contribution in [0.3, 0.4) is 0 Å². The Morgan fingerprint density at radius 1 is 0.857 bits per heavy atom. The minimum absolute atomic E-state index is 0.178. The average Bonchev–Trinajstić information content (AvgIpc) is 2.68. The molecule has 0 amide bonds. The SMILES string of the molecule is Cc1ccc(OCCNS(=O)(=O)c2ccc(Oc3ccccc3)cc2)c(C)c1. The van der Waals surface area contributed by atoms with Gasteiger partial charge in [-0.05, 0) is 61.9 Å². The van der Waals surface area contributed by atoms with E-state index in [-0.39, 0.29) is 18.0 Å². The summed E-state index contributed by atoms with van der Waals surface area (Å²) in [5.74, 6) is 2.02. The van der Waals surface area contributed by atoms with Gasteiger partial charge in [-0.2, -0.15) is 0 Å². The van der Waals surface area contributed by atoms with E-state index in [4.69, 9.17) is 9.47 Å². The lowest BCUT2D eigenvalue weighted by Crippen LogP contribution is -2.28. The number of hydrogen-bond acceptors (Lipinski definition) is 4. The summed E-state index contributed by atoms with van der Waals surface area (Å²) in [6, 6.07) is 21.5. The molecule has 0 atom stereocenters. The Hall–Kier alpha value is -2.83. The molecule has 0 fully saturated rings. The fourth-order valence-electron chi connectivity index (χ4n) is 2.69. The molecule has 6 heteroatoms. The van der Waals surface area contributed by atoms with E-state index in [0.29, 0.717) is 11.5 Å². The van der Waals surface area contributed by atoms with E-state index in [2.05, 4.69) is 4.72 Å². The van der Waals surface area contributed by atoms with Crippen LogP contribution in [0.15, 0.2) is 77.7 Å². The van der Waals surface area contributed by atoms with Crippen LogP contribution < -0.4 is 14.2 Å². The minimum atomic E-state index is -3.61. The molecule has 0 heterocycles. The van der Waals surface area contributed by atoms with Gasteiger partial charge < -0.3 is 9.47 Å². The van der Waals surface area contributed by atoms with Gasteiger partial charge >= 0.3 is 0 Å². The number of nitrogens with one attached hydrogen (secondary N) is 1. The molecule has 0 saturated carbocycles. The van der Waals surface area contributed by atoms with Crippen molar-refractivity contribution in [1.29, 1.82) is 0 Å². The molecule has 3 aromatic rings. The Kier molecular flexibility index (Phi) is 6.34. The second kappa shape index (κ2) is 8.91. The molecule has 3 rings (SSSR count). The lowest BCUT2D eigenvalue weighted by molar-refractivity contribution is 0.320. The highest BCUT2D eigenvalue weighted by atomic mass is 32.2. The molecule has 0 aliphatic carbocycles. The molecule has 0 saturated heterocycles. The van der Waals surface area contributed by atoms with E-state index in [1.165, 1.54) is 12.1 Å². The highest BCUT2D eigenvalue weighted by molar-refractivity contribution is 7.89. The highest BCUT2D eigenvalue weighted by Gasteiger charge is 2.13. The average molecular weight is 397 g/mol. The van der Waals surface area contributed by atoms with Gasteiger partial charge in [-0.25, -0.2) is 13.1 Å². The van der Waals surface area contributed by atoms with E-state index >= 15 is 0 Å². The van der Waals surface area contributed by atoms with Crippen molar-refractivity contribution in [2.45, 2.75) is 18.7 Å². The number of hydrogen-bond donors (Lipinski definition) is 1. The van der Waals surface area contributed by atoms with Crippen LogP contribution >= 0.6 is 0 Å². The minimum Gasteiger partial charge on any atom is -0.492 e. The van der Waals surface area contributed by atoms with E-state index in [9.17, 15) is 8.42 Å². The molecule has 1 N–H and O–H groups in total. The van der Waals surface area contributed by atoms with Gasteiger partial charge in [-0.15, -0.1) is 0 Å². The van der Waals surface area contributed by atoms with Gasteiger partial charge in [-0.3, -0.25) is 0 Å². The van der Waals surface area contributed by atoms with Crippen molar-refractivity contribution in [3.63, 3.8) is 0 Å². The molecule has 0 spiro atoms. The zero-order valence-electron chi connectivity index (χ0n) is 15.9. The van der Waals surface area contributed by atoms with Crippen LogP contribution in [0, 0.1) is 13.8 Å². The summed E-state index contributed by atoms with van der Waals surface area (Å²) < 4.78 is 38.7. The summed E-state index contributed by atoms with van der Waals surface area (Å²) in [4.78, 5) is 0.180. The van der Waals surface area contributed by atoms with Crippen LogP contribution in [0.25, 0.3) is 0 Å². The first kappa shape index (κ1) is 19.9. The Morgan fingerprint density at radius 3 is 2.21 bits per heavy atom. The third-order valence-electron chi connectivity index (χ3n) is 4.10. The third-order valence-corrected chi connectivity index (χ3v) is 5.57. The number of benzene rings is 3. The Morgan fingerprint density at radius 2 is 1.54 bits per heavy atom. The van der Waals surface area contributed by atoms with E-state index in [1.54, 1.807) is 12.1 Å². The number of rotatable bonds is 8. The molecule has 5 nitrogen and oxygen atoms in total. The second-order valence-electron chi connectivity index (χ2n) is 6.40. The first-order valence-corrected chi connectivity index (χ1v) is 10.4. The molecule has 0 aliphatic heterocycles. The van der Waals surface area contributed by atoms with Crippen molar-refractivity contribution < 1.29 is 17.9 Å². The molecular weight excluding hydrogens is 374 g/mol. The number of sulfonamides is 1. The number of aryl methyl sites for hydroxylation is 2. The van der Waals surface area contributed by atoms with Gasteiger partial charge in [0.2, 0.25) is 10.0 Å². The van der Waals surface area contributed by atoms with Crippen molar-refractivity contribution in [2.24, 2.45) is 0 Å². The predicted molar refractivity (Wildman–Crippen MR) is 110 cm³/mol. The van der Waals surface area contributed by atoms with E-state index in [1.807, 2.05) is 62.4 Å². The van der Waals surface area contributed by atoms with Gasteiger partial charge in [0.15, 0.2) is 0 Å². The molecular formula is C22H23NO4S. The van der Waals surface area contributed by atoms with Gasteiger partial charge in [0.1, 0.15) is 23.9 Å². The van der Waals surface area contributed by atoms with Crippen LogP contribution in [-0.4, -0.2) is 21.6 Å². The van der Waals surface area contributed by atoms with E-state index in [0.717, 1.165) is 16.9 Å². The van der Waals surface area contributed by atoms with Crippen molar-refractivity contribution in [3.8, 4) is 17.2 Å². The van der Waals surface area contributed by atoms with Gasteiger partial charge in [-0.1, -0.05) is 35.9 Å². The van der Waals surface area contributed by atoms with Crippen LogP contribution in [0.5, 0.6) is 17.2 Å². The summed E-state index contributed by atoms with van der Waals surface area (Å²) in [6.07, 6.45) is 0. The van der Waals surface area contributed by atoms with Crippen molar-refractivity contribution in [3.05, 3.63) is 83.9 Å². The fourth-order valence-corrected chi connectivity index (χ4v) is 3.71. The third kappa shape index (κ3) is 5.34. The summed E-state index contributed by atoms with van der Waals surface area (Å²) >= 11 is 0. The first-order chi connectivity index (χ1) is 13.4. The van der Waals surface area contributed by atoms with Crippen LogP contribution in [0.4, 0.5) is 0 Å². The maximum atomic E-state index is 12.4. The summed E-state index contributed by atoms with van der Waals surface area (Å²) in [6.45, 7) is 4.41. The largest absolute Gasteiger partial charge is 0.492 e. The predicted octanol–water partition coefficient (Wildman–Crippen LogP) is 4.45. The number of ether oxygens (including phenoxy) is 2. The standard InChI is InChI=1S/C22H23NO4S/c1-17-8-13-22(18(2)16-17)26-15-14-23-28(24,25)21-11-9-20(10-12-21)27-19-6-4-3-5-7-19/h3-13,16,23H,14-15H2,1-2H3. The normalized spacial score (nSPS) is 11.2. The molecule has 0 unspecified atom stereocenters. The molecule has 0 radical (unpaired) electrons. The quantitative estimate of drug-likeness (QED) is 0.570. The molecule has 0 aromatic heterocycles. The molecule has 146 valence electrons. The molecule has 0 aliphatic rings. The Bertz CT molecular complexity index is 1020. The topological polar surface area (TPSA) is 64.6 Å². The lowest BCUT2D eigenvalue weighted by atomic mass is 10.1. The Balaban J connectivity index is 1.54. The monoisotopic (exact) mass is 397 g/mol. The van der Waals surface area contributed by atoms with Crippen molar-refractivity contribution in [2.75, 3.05) is 13.2 Å².